The zero-order valence-corrected chi connectivity index (χ0v) is 10.2. The minimum atomic E-state index is -0.601. The number of nitrogens with zero attached hydrogens (tertiary/aromatic N) is 5. The first kappa shape index (κ1) is 11.2. The normalized spacial score (nSPS) is 13.0. The molecule has 0 aliphatic rings. The van der Waals surface area contributed by atoms with E-state index >= 15 is 0 Å². The Morgan fingerprint density at radius 1 is 1.44 bits per heavy atom. The molecule has 0 bridgehead atoms. The standard InChI is InChI=1S/C9H13N5OS/c1-5-9(16-6(2)10-5)7(15)4-8-11-13-14(3)12-8/h7,15H,4H2,1-3H3. The van der Waals surface area contributed by atoms with E-state index in [1.54, 1.807) is 7.05 Å². The molecule has 1 atom stereocenters. The molecule has 2 aromatic heterocycles. The molecule has 0 spiro atoms. The highest BCUT2D eigenvalue weighted by Gasteiger charge is 2.17. The highest BCUT2D eigenvalue weighted by molar-refractivity contribution is 7.11. The minimum absolute atomic E-state index is 0.371. The van der Waals surface area contributed by atoms with Gasteiger partial charge in [-0.1, -0.05) is 0 Å². The lowest BCUT2D eigenvalue weighted by atomic mass is 10.2. The molecule has 0 radical (unpaired) electrons. The number of aromatic nitrogens is 5. The summed E-state index contributed by atoms with van der Waals surface area (Å²) in [6.07, 6.45) is -0.230. The Labute approximate surface area is 97.0 Å². The van der Waals surface area contributed by atoms with Gasteiger partial charge >= 0.3 is 0 Å². The maximum absolute atomic E-state index is 10.0. The van der Waals surface area contributed by atoms with Crippen LogP contribution in [-0.2, 0) is 13.5 Å². The van der Waals surface area contributed by atoms with Crippen molar-refractivity contribution in [2.24, 2.45) is 7.05 Å². The van der Waals surface area contributed by atoms with E-state index in [2.05, 4.69) is 20.4 Å². The summed E-state index contributed by atoms with van der Waals surface area (Å²) in [5, 5.41) is 22.6. The number of tetrazole rings is 1. The molecule has 1 N–H and O–H groups in total. The summed E-state index contributed by atoms with van der Waals surface area (Å²) in [5.74, 6) is 0.542. The maximum atomic E-state index is 10.0. The second-order valence-corrected chi connectivity index (χ2v) is 4.83. The molecular formula is C9H13N5OS. The number of aryl methyl sites for hydroxylation is 3. The molecule has 0 saturated carbocycles. The smallest absolute Gasteiger partial charge is 0.177 e. The molecule has 0 fully saturated rings. The van der Waals surface area contributed by atoms with E-state index in [9.17, 15) is 5.11 Å². The molecule has 2 rings (SSSR count). The summed E-state index contributed by atoms with van der Waals surface area (Å²) in [6.45, 7) is 3.82. The SMILES string of the molecule is Cc1nc(C)c(C(O)Cc2nnn(C)n2)s1. The Hall–Kier alpha value is -1.34. The predicted molar refractivity (Wildman–Crippen MR) is 59.0 cm³/mol. The van der Waals surface area contributed by atoms with Crippen molar-refractivity contribution >= 4 is 11.3 Å². The van der Waals surface area contributed by atoms with Crippen LogP contribution in [0.5, 0.6) is 0 Å². The average molecular weight is 239 g/mol. The summed E-state index contributed by atoms with van der Waals surface area (Å²) in [4.78, 5) is 6.54. The van der Waals surface area contributed by atoms with Crippen molar-refractivity contribution in [3.8, 4) is 0 Å². The molecule has 2 aromatic rings. The van der Waals surface area contributed by atoms with Gasteiger partial charge in [-0.15, -0.1) is 21.5 Å². The van der Waals surface area contributed by atoms with Gasteiger partial charge in [0.2, 0.25) is 0 Å². The Morgan fingerprint density at radius 3 is 2.69 bits per heavy atom. The Kier molecular flexibility index (Phi) is 2.97. The fourth-order valence-electron chi connectivity index (χ4n) is 1.53. The van der Waals surface area contributed by atoms with E-state index in [1.807, 2.05) is 13.8 Å². The molecule has 0 aliphatic heterocycles. The largest absolute Gasteiger partial charge is 0.387 e. The van der Waals surface area contributed by atoms with Crippen molar-refractivity contribution in [2.75, 3.05) is 0 Å². The first-order chi connectivity index (χ1) is 7.56. The van der Waals surface area contributed by atoms with E-state index < -0.39 is 6.10 Å². The molecule has 16 heavy (non-hydrogen) atoms. The number of thiazole rings is 1. The van der Waals surface area contributed by atoms with Crippen molar-refractivity contribution in [1.29, 1.82) is 0 Å². The molecule has 7 heteroatoms. The van der Waals surface area contributed by atoms with Crippen molar-refractivity contribution in [3.63, 3.8) is 0 Å². The van der Waals surface area contributed by atoms with Gasteiger partial charge in [-0.2, -0.15) is 4.80 Å². The number of hydrogen-bond donors (Lipinski definition) is 1. The van der Waals surface area contributed by atoms with Gasteiger partial charge in [0.15, 0.2) is 5.82 Å². The van der Waals surface area contributed by atoms with Gasteiger partial charge in [0.1, 0.15) is 0 Å². The average Bonchev–Trinajstić information content (AvgIpc) is 2.73. The van der Waals surface area contributed by atoms with Crippen LogP contribution in [0.1, 0.15) is 27.5 Å². The van der Waals surface area contributed by atoms with Crippen LogP contribution >= 0.6 is 11.3 Å². The van der Waals surface area contributed by atoms with Crippen LogP contribution in [0.25, 0.3) is 0 Å². The lowest BCUT2D eigenvalue weighted by Crippen LogP contribution is -2.03. The summed E-state index contributed by atoms with van der Waals surface area (Å²) in [6, 6.07) is 0. The van der Waals surface area contributed by atoms with Crippen molar-refractivity contribution < 1.29 is 5.11 Å². The molecule has 6 nitrogen and oxygen atoms in total. The Balaban J connectivity index is 2.14. The molecule has 0 aromatic carbocycles. The third-order valence-corrected chi connectivity index (χ3v) is 3.34. The summed E-state index contributed by atoms with van der Waals surface area (Å²) >= 11 is 1.50. The quantitative estimate of drug-likeness (QED) is 0.847. The monoisotopic (exact) mass is 239 g/mol. The molecule has 0 amide bonds. The zero-order chi connectivity index (χ0) is 11.7. The number of aliphatic hydroxyl groups excluding tert-OH is 1. The van der Waals surface area contributed by atoms with Gasteiger partial charge in [-0.05, 0) is 19.1 Å². The van der Waals surface area contributed by atoms with E-state index in [4.69, 9.17) is 0 Å². The number of rotatable bonds is 3. The first-order valence-corrected chi connectivity index (χ1v) is 5.73. The molecule has 1 unspecified atom stereocenters. The van der Waals surface area contributed by atoms with Gasteiger partial charge in [0, 0.05) is 6.42 Å². The number of aliphatic hydroxyl groups is 1. The van der Waals surface area contributed by atoms with Crippen LogP contribution in [-0.4, -0.2) is 30.3 Å². The summed E-state index contributed by atoms with van der Waals surface area (Å²) in [5.41, 5.74) is 0.874. The van der Waals surface area contributed by atoms with Gasteiger partial charge in [0.25, 0.3) is 0 Å². The van der Waals surface area contributed by atoms with Gasteiger partial charge in [0.05, 0.1) is 28.7 Å². The predicted octanol–water partition coefficient (Wildman–Crippen LogP) is 0.560. The van der Waals surface area contributed by atoms with E-state index in [0.717, 1.165) is 15.6 Å². The fraction of sp³-hybridized carbons (Fsp3) is 0.556. The second-order valence-electron chi connectivity index (χ2n) is 3.60. The Morgan fingerprint density at radius 2 is 2.19 bits per heavy atom. The van der Waals surface area contributed by atoms with Gasteiger partial charge < -0.3 is 5.11 Å². The fourth-order valence-corrected chi connectivity index (χ4v) is 2.44. The van der Waals surface area contributed by atoms with Crippen LogP contribution in [0.15, 0.2) is 0 Å². The van der Waals surface area contributed by atoms with E-state index in [0.29, 0.717) is 12.2 Å². The van der Waals surface area contributed by atoms with Crippen molar-refractivity contribution in [2.45, 2.75) is 26.4 Å². The zero-order valence-electron chi connectivity index (χ0n) is 9.38. The summed E-state index contributed by atoms with van der Waals surface area (Å²) in [7, 11) is 1.70. The van der Waals surface area contributed by atoms with Crippen molar-refractivity contribution in [3.05, 3.63) is 21.4 Å². The lowest BCUT2D eigenvalue weighted by molar-refractivity contribution is 0.178. The topological polar surface area (TPSA) is 76.7 Å². The minimum Gasteiger partial charge on any atom is -0.387 e. The van der Waals surface area contributed by atoms with Crippen molar-refractivity contribution in [1.82, 2.24) is 25.2 Å². The third kappa shape index (κ3) is 2.25. The lowest BCUT2D eigenvalue weighted by Gasteiger charge is -2.05. The highest BCUT2D eigenvalue weighted by atomic mass is 32.1. The summed E-state index contributed by atoms with van der Waals surface area (Å²) < 4.78 is 0. The van der Waals surface area contributed by atoms with Crippen LogP contribution in [0.4, 0.5) is 0 Å². The van der Waals surface area contributed by atoms with Crippen LogP contribution in [0.2, 0.25) is 0 Å². The van der Waals surface area contributed by atoms with Gasteiger partial charge in [-0.3, -0.25) is 0 Å². The molecule has 0 aliphatic carbocycles. The molecule has 0 saturated heterocycles. The highest BCUT2D eigenvalue weighted by Crippen LogP contribution is 2.26. The van der Waals surface area contributed by atoms with Crippen LogP contribution in [0.3, 0.4) is 0 Å². The second kappa shape index (κ2) is 4.26. The van der Waals surface area contributed by atoms with E-state index in [-0.39, 0.29) is 0 Å². The molecule has 2 heterocycles. The van der Waals surface area contributed by atoms with Crippen LogP contribution in [0, 0.1) is 13.8 Å². The molecular weight excluding hydrogens is 226 g/mol. The maximum Gasteiger partial charge on any atom is 0.177 e. The molecule has 86 valence electrons. The first-order valence-electron chi connectivity index (χ1n) is 4.91. The van der Waals surface area contributed by atoms with E-state index in [1.165, 1.54) is 16.1 Å². The number of hydrogen-bond acceptors (Lipinski definition) is 6. The Bertz CT molecular complexity index is 492. The van der Waals surface area contributed by atoms with Crippen LogP contribution < -0.4 is 0 Å². The third-order valence-electron chi connectivity index (χ3n) is 2.17. The van der Waals surface area contributed by atoms with Gasteiger partial charge in [-0.25, -0.2) is 4.98 Å².